The van der Waals surface area contributed by atoms with Gasteiger partial charge in [-0.2, -0.15) is 13.2 Å². The molecule has 0 aromatic heterocycles. The highest BCUT2D eigenvalue weighted by Crippen LogP contribution is 2.56. The molecule has 1 aromatic rings. The van der Waals surface area contributed by atoms with E-state index in [2.05, 4.69) is 5.32 Å². The minimum absolute atomic E-state index is 0.0861. The summed E-state index contributed by atoms with van der Waals surface area (Å²) < 4.78 is 39.4. The summed E-state index contributed by atoms with van der Waals surface area (Å²) in [7, 11) is 0. The van der Waals surface area contributed by atoms with E-state index in [1.807, 2.05) is 0 Å². The number of halogens is 3. The summed E-state index contributed by atoms with van der Waals surface area (Å²) in [5, 5.41) is 3.66. The first kappa shape index (κ1) is 23.1. The number of alkyl halides is 3. The van der Waals surface area contributed by atoms with Gasteiger partial charge in [0.15, 0.2) is 11.6 Å². The summed E-state index contributed by atoms with van der Waals surface area (Å²) in [5.74, 6) is 0.239. The van der Waals surface area contributed by atoms with Crippen LogP contribution in [0.4, 0.5) is 13.2 Å². The zero-order chi connectivity index (χ0) is 24.4. The lowest BCUT2D eigenvalue weighted by atomic mass is 9.56. The lowest BCUT2D eigenvalue weighted by molar-refractivity contribution is -0.137. The molecule has 5 aliphatic rings. The third-order valence-electron chi connectivity index (χ3n) is 9.43. The number of hydrogen-bond acceptors (Lipinski definition) is 3. The first-order valence-electron chi connectivity index (χ1n) is 13.3. The lowest BCUT2D eigenvalue weighted by Gasteiger charge is -2.50. The molecular weight excluding hydrogens is 451 g/mol. The Kier molecular flexibility index (Phi) is 5.50. The molecule has 1 aromatic carbocycles. The van der Waals surface area contributed by atoms with Gasteiger partial charge in [-0.15, -0.1) is 0 Å². The molecule has 0 amide bonds. The summed E-state index contributed by atoms with van der Waals surface area (Å²) in [6.45, 7) is 0. The zero-order valence-corrected chi connectivity index (χ0v) is 20.0. The second-order valence-corrected chi connectivity index (χ2v) is 11.5. The van der Waals surface area contributed by atoms with Crippen LogP contribution in [0.1, 0.15) is 93.0 Å². The molecule has 3 nitrogen and oxygen atoms in total. The highest BCUT2D eigenvalue weighted by atomic mass is 19.4. The van der Waals surface area contributed by atoms with Crippen molar-refractivity contribution in [2.24, 2.45) is 23.2 Å². The average molecular weight is 484 g/mol. The summed E-state index contributed by atoms with van der Waals surface area (Å²) in [4.78, 5) is 27.7. The molecule has 6 heteroatoms. The van der Waals surface area contributed by atoms with E-state index in [0.29, 0.717) is 12.0 Å². The number of rotatable bonds is 4. The fraction of sp³-hybridized carbons (Fsp3) is 0.586. The Morgan fingerprint density at radius 2 is 1.60 bits per heavy atom. The van der Waals surface area contributed by atoms with Gasteiger partial charge in [-0.1, -0.05) is 37.8 Å². The van der Waals surface area contributed by atoms with Crippen molar-refractivity contribution in [3.05, 3.63) is 57.9 Å². The molecule has 186 valence electrons. The van der Waals surface area contributed by atoms with E-state index in [-0.39, 0.29) is 40.3 Å². The predicted molar refractivity (Wildman–Crippen MR) is 126 cm³/mol. The topological polar surface area (TPSA) is 46.2 Å². The average Bonchev–Trinajstić information content (AvgIpc) is 3.30. The van der Waals surface area contributed by atoms with Crippen LogP contribution in [0.2, 0.25) is 0 Å². The molecule has 6 rings (SSSR count). The molecule has 1 atom stereocenters. The molecule has 3 fully saturated rings. The summed E-state index contributed by atoms with van der Waals surface area (Å²) in [6, 6.07) is 4.60. The van der Waals surface area contributed by atoms with Gasteiger partial charge in [0, 0.05) is 40.4 Å². The summed E-state index contributed by atoms with van der Waals surface area (Å²) >= 11 is 0. The number of allylic oxidation sites excluding steroid dienone is 4. The van der Waals surface area contributed by atoms with E-state index in [1.165, 1.54) is 18.6 Å². The second kappa shape index (κ2) is 8.35. The van der Waals surface area contributed by atoms with Crippen molar-refractivity contribution >= 4 is 11.6 Å². The first-order valence-corrected chi connectivity index (χ1v) is 13.3. The fourth-order valence-electron chi connectivity index (χ4n) is 7.19. The maximum Gasteiger partial charge on any atom is 0.416 e. The molecule has 0 radical (unpaired) electrons. The number of carbonyl (C=O) groups excluding carboxylic acids is 2. The van der Waals surface area contributed by atoms with Crippen LogP contribution < -0.4 is 5.32 Å². The van der Waals surface area contributed by atoms with Crippen LogP contribution in [-0.2, 0) is 11.0 Å². The van der Waals surface area contributed by atoms with E-state index < -0.39 is 11.7 Å². The molecule has 0 saturated heterocycles. The lowest BCUT2D eigenvalue weighted by Crippen LogP contribution is -2.47. The van der Waals surface area contributed by atoms with Crippen molar-refractivity contribution < 1.29 is 22.8 Å². The van der Waals surface area contributed by atoms with Crippen LogP contribution in [0.5, 0.6) is 0 Å². The van der Waals surface area contributed by atoms with Gasteiger partial charge in [0.2, 0.25) is 0 Å². The second-order valence-electron chi connectivity index (χ2n) is 11.5. The molecule has 1 N–H and O–H groups in total. The van der Waals surface area contributed by atoms with Crippen LogP contribution in [0.15, 0.2) is 46.8 Å². The highest BCUT2D eigenvalue weighted by molar-refractivity contribution is 6.12. The Balaban J connectivity index is 1.44. The van der Waals surface area contributed by atoms with Gasteiger partial charge in [-0.3, -0.25) is 9.59 Å². The van der Waals surface area contributed by atoms with Gasteiger partial charge >= 0.3 is 6.18 Å². The van der Waals surface area contributed by atoms with Crippen molar-refractivity contribution in [3.63, 3.8) is 0 Å². The Bertz CT molecular complexity index is 1110. The third-order valence-corrected chi connectivity index (χ3v) is 9.43. The van der Waals surface area contributed by atoms with Crippen molar-refractivity contribution in [2.75, 3.05) is 0 Å². The largest absolute Gasteiger partial charge is 0.416 e. The predicted octanol–water partition coefficient (Wildman–Crippen LogP) is 7.14. The minimum Gasteiger partial charge on any atom is -0.361 e. The Morgan fingerprint density at radius 1 is 0.914 bits per heavy atom. The number of dihydropyridines is 1. The number of Topliss-reactive ketones (excluding diaryl/α,β-unsaturated/α-hetero) is 2. The van der Waals surface area contributed by atoms with E-state index in [0.717, 1.165) is 93.3 Å². The molecule has 1 heterocycles. The SMILES string of the molecule is O=C1CC2(CCC2)CC2=C1C(C1CCC1)C(C(=O)c1ccc(C(F)(F)F)cc1)=C(C1CCCC1)N2. The standard InChI is InChI=1S/C29H32F3NO2/c30-29(31,32)20-11-9-19(10-12-20)27(35)25-23(17-7-3-8-17)24-21(33-26(25)18-5-1-2-6-18)15-28(13-4-14-28)16-22(24)34/h9-12,17-18,23,33H,1-8,13-16H2. The smallest absolute Gasteiger partial charge is 0.361 e. The quantitative estimate of drug-likeness (QED) is 0.463. The normalized spacial score (nSPS) is 26.9. The van der Waals surface area contributed by atoms with Crippen molar-refractivity contribution in [2.45, 2.75) is 83.2 Å². The molecular formula is C29H32F3NO2. The van der Waals surface area contributed by atoms with Crippen LogP contribution in [0, 0.1) is 23.2 Å². The van der Waals surface area contributed by atoms with Gasteiger partial charge in [-0.05, 0) is 74.3 Å². The fourth-order valence-corrected chi connectivity index (χ4v) is 7.19. The molecule has 3 saturated carbocycles. The van der Waals surface area contributed by atoms with Crippen LogP contribution in [-0.4, -0.2) is 11.6 Å². The van der Waals surface area contributed by atoms with Gasteiger partial charge in [0.05, 0.1) is 5.56 Å². The number of hydrogen-bond donors (Lipinski definition) is 1. The molecule has 1 aliphatic heterocycles. The number of nitrogens with one attached hydrogen (secondary N) is 1. The molecule has 35 heavy (non-hydrogen) atoms. The van der Waals surface area contributed by atoms with E-state index >= 15 is 0 Å². The van der Waals surface area contributed by atoms with Gasteiger partial charge in [0.25, 0.3) is 0 Å². The van der Waals surface area contributed by atoms with Gasteiger partial charge < -0.3 is 5.32 Å². The number of benzene rings is 1. The van der Waals surface area contributed by atoms with Crippen LogP contribution >= 0.6 is 0 Å². The number of carbonyl (C=O) groups is 2. The van der Waals surface area contributed by atoms with Crippen molar-refractivity contribution in [1.82, 2.24) is 5.32 Å². The third kappa shape index (κ3) is 3.88. The van der Waals surface area contributed by atoms with Crippen molar-refractivity contribution in [3.8, 4) is 0 Å². The highest BCUT2D eigenvalue weighted by Gasteiger charge is 2.51. The van der Waals surface area contributed by atoms with E-state index in [9.17, 15) is 22.8 Å². The molecule has 0 bridgehead atoms. The number of ketones is 2. The van der Waals surface area contributed by atoms with Gasteiger partial charge in [-0.25, -0.2) is 0 Å². The van der Waals surface area contributed by atoms with E-state index in [4.69, 9.17) is 0 Å². The zero-order valence-electron chi connectivity index (χ0n) is 20.0. The molecule has 4 aliphatic carbocycles. The van der Waals surface area contributed by atoms with Crippen LogP contribution in [0.3, 0.4) is 0 Å². The maximum atomic E-state index is 14.0. The first-order chi connectivity index (χ1) is 16.8. The van der Waals surface area contributed by atoms with Crippen LogP contribution in [0.25, 0.3) is 0 Å². The van der Waals surface area contributed by atoms with Gasteiger partial charge in [0.1, 0.15) is 0 Å². The van der Waals surface area contributed by atoms with Crippen molar-refractivity contribution in [1.29, 1.82) is 0 Å². The maximum absolute atomic E-state index is 14.0. The minimum atomic E-state index is -4.44. The Labute approximate surface area is 204 Å². The Morgan fingerprint density at radius 3 is 2.14 bits per heavy atom. The summed E-state index contributed by atoms with van der Waals surface area (Å²) in [5.41, 5.74) is 3.09. The summed E-state index contributed by atoms with van der Waals surface area (Å²) in [6.07, 6.45) is 7.66. The molecule has 1 unspecified atom stereocenters. The monoisotopic (exact) mass is 483 g/mol. The Hall–Kier alpha value is -2.37. The molecule has 1 spiro atoms. The van der Waals surface area contributed by atoms with E-state index in [1.54, 1.807) is 0 Å².